The Morgan fingerprint density at radius 3 is 2.53 bits per heavy atom. The first-order valence-electron chi connectivity index (χ1n) is 5.95. The third kappa shape index (κ3) is 3.44. The van der Waals surface area contributed by atoms with Crippen LogP contribution in [0.4, 0.5) is 0 Å². The second-order valence-corrected chi connectivity index (χ2v) is 6.35. The molecule has 1 aromatic carbocycles. The molecule has 0 aliphatic heterocycles. The van der Waals surface area contributed by atoms with Crippen LogP contribution in [0, 0.1) is 0 Å². The summed E-state index contributed by atoms with van der Waals surface area (Å²) in [4.78, 5) is 0. The number of rotatable bonds is 4. The Labute approximate surface area is 127 Å². The van der Waals surface area contributed by atoms with Crippen LogP contribution < -0.4 is 0 Å². The zero-order chi connectivity index (χ0) is 14.0. The van der Waals surface area contributed by atoms with Crippen molar-refractivity contribution in [1.29, 1.82) is 0 Å². The molecule has 0 N–H and O–H groups in total. The Hall–Kier alpha value is -0.710. The molecule has 1 heterocycles. The van der Waals surface area contributed by atoms with Gasteiger partial charge in [0, 0.05) is 18.7 Å². The fraction of sp³-hybridized carbons (Fsp3) is 0.385. The highest BCUT2D eigenvalue weighted by Crippen LogP contribution is 2.27. The Morgan fingerprint density at radius 1 is 1.21 bits per heavy atom. The summed E-state index contributed by atoms with van der Waals surface area (Å²) in [7, 11) is 1.99. The van der Waals surface area contributed by atoms with Crippen molar-refractivity contribution in [1.82, 2.24) is 14.8 Å². The number of benzene rings is 1. The van der Waals surface area contributed by atoms with Crippen LogP contribution in [0.5, 0.6) is 0 Å². The maximum Gasteiger partial charge on any atom is 0.191 e. The van der Waals surface area contributed by atoms with Crippen molar-refractivity contribution >= 4 is 35.0 Å². The molecule has 1 aromatic heterocycles. The molecule has 0 atom stereocenters. The minimum atomic E-state index is 0.372. The molecule has 3 nitrogen and oxygen atoms in total. The van der Waals surface area contributed by atoms with Crippen molar-refractivity contribution in [3.05, 3.63) is 39.6 Å². The number of halogens is 2. The highest BCUT2D eigenvalue weighted by atomic mass is 35.5. The third-order valence-electron chi connectivity index (χ3n) is 2.74. The van der Waals surface area contributed by atoms with E-state index in [9.17, 15) is 0 Å². The molecule has 6 heteroatoms. The first kappa shape index (κ1) is 14.7. The van der Waals surface area contributed by atoms with E-state index in [0.29, 0.717) is 16.0 Å². The van der Waals surface area contributed by atoms with Gasteiger partial charge in [0.05, 0.1) is 10.0 Å². The van der Waals surface area contributed by atoms with Crippen molar-refractivity contribution in [3.63, 3.8) is 0 Å². The van der Waals surface area contributed by atoms with Gasteiger partial charge < -0.3 is 4.57 Å². The predicted molar refractivity (Wildman–Crippen MR) is 81.1 cm³/mol. The normalized spacial score (nSPS) is 11.3. The van der Waals surface area contributed by atoms with Gasteiger partial charge in [0.2, 0.25) is 0 Å². The van der Waals surface area contributed by atoms with Crippen molar-refractivity contribution in [2.24, 2.45) is 7.05 Å². The van der Waals surface area contributed by atoms with E-state index < -0.39 is 0 Å². The van der Waals surface area contributed by atoms with Crippen LogP contribution in [-0.4, -0.2) is 14.8 Å². The number of hydrogen-bond donors (Lipinski definition) is 0. The van der Waals surface area contributed by atoms with Crippen LogP contribution in [-0.2, 0) is 12.8 Å². The topological polar surface area (TPSA) is 30.7 Å². The molecular formula is C13H15Cl2N3S. The molecule has 0 aliphatic rings. The minimum Gasteiger partial charge on any atom is -0.309 e. The van der Waals surface area contributed by atoms with E-state index in [2.05, 4.69) is 24.0 Å². The SMILES string of the molecule is CC(C)c1nnc(SCc2ccc(Cl)c(Cl)c2)n1C. The summed E-state index contributed by atoms with van der Waals surface area (Å²) >= 11 is 13.5. The van der Waals surface area contributed by atoms with Crippen molar-refractivity contribution in [2.75, 3.05) is 0 Å². The largest absolute Gasteiger partial charge is 0.309 e. The molecule has 0 saturated heterocycles. The Morgan fingerprint density at radius 2 is 1.95 bits per heavy atom. The summed E-state index contributed by atoms with van der Waals surface area (Å²) in [6.45, 7) is 4.22. The van der Waals surface area contributed by atoms with E-state index in [1.54, 1.807) is 11.8 Å². The number of hydrogen-bond acceptors (Lipinski definition) is 3. The molecular weight excluding hydrogens is 301 g/mol. The van der Waals surface area contributed by atoms with Gasteiger partial charge in [0.25, 0.3) is 0 Å². The van der Waals surface area contributed by atoms with Crippen LogP contribution in [0.3, 0.4) is 0 Å². The zero-order valence-electron chi connectivity index (χ0n) is 11.0. The van der Waals surface area contributed by atoms with Gasteiger partial charge in [0.1, 0.15) is 5.82 Å². The van der Waals surface area contributed by atoms with Gasteiger partial charge in [-0.25, -0.2) is 0 Å². The third-order valence-corrected chi connectivity index (χ3v) is 4.57. The van der Waals surface area contributed by atoms with Crippen molar-refractivity contribution in [3.8, 4) is 0 Å². The smallest absolute Gasteiger partial charge is 0.191 e. The second kappa shape index (κ2) is 6.16. The van der Waals surface area contributed by atoms with Gasteiger partial charge in [0.15, 0.2) is 5.16 Å². The van der Waals surface area contributed by atoms with E-state index in [0.717, 1.165) is 22.3 Å². The fourth-order valence-corrected chi connectivity index (χ4v) is 2.91. The highest BCUT2D eigenvalue weighted by molar-refractivity contribution is 7.98. The van der Waals surface area contributed by atoms with Crippen molar-refractivity contribution < 1.29 is 0 Å². The standard InChI is InChI=1S/C13H15Cl2N3S/c1-8(2)12-16-17-13(18(12)3)19-7-9-4-5-10(14)11(15)6-9/h4-6,8H,7H2,1-3H3. The maximum atomic E-state index is 6.00. The molecule has 0 unspecified atom stereocenters. The van der Waals surface area contributed by atoms with E-state index >= 15 is 0 Å². The van der Waals surface area contributed by atoms with Gasteiger partial charge >= 0.3 is 0 Å². The average Bonchev–Trinajstić information content (AvgIpc) is 2.72. The van der Waals surface area contributed by atoms with Crippen LogP contribution in [0.1, 0.15) is 31.2 Å². The predicted octanol–water partition coefficient (Wildman–Crippen LogP) is 4.54. The second-order valence-electron chi connectivity index (χ2n) is 4.59. The van der Waals surface area contributed by atoms with E-state index in [1.165, 1.54) is 0 Å². The summed E-state index contributed by atoms with van der Waals surface area (Å²) in [6, 6.07) is 5.67. The molecule has 0 amide bonds. The summed E-state index contributed by atoms with van der Waals surface area (Å²) < 4.78 is 2.03. The van der Waals surface area contributed by atoms with Crippen LogP contribution in [0.15, 0.2) is 23.4 Å². The van der Waals surface area contributed by atoms with Gasteiger partial charge in [-0.3, -0.25) is 0 Å². The zero-order valence-corrected chi connectivity index (χ0v) is 13.4. The molecule has 0 aliphatic carbocycles. The summed E-state index contributed by atoms with van der Waals surface area (Å²) in [5.41, 5.74) is 1.12. The summed E-state index contributed by atoms with van der Waals surface area (Å²) in [5.74, 6) is 2.16. The molecule has 102 valence electrons. The Balaban J connectivity index is 2.08. The van der Waals surface area contributed by atoms with Crippen LogP contribution >= 0.6 is 35.0 Å². The molecule has 0 fully saturated rings. The van der Waals surface area contributed by atoms with Gasteiger partial charge in [-0.1, -0.05) is 54.9 Å². The number of aromatic nitrogens is 3. The molecule has 19 heavy (non-hydrogen) atoms. The number of nitrogens with zero attached hydrogens (tertiary/aromatic N) is 3. The lowest BCUT2D eigenvalue weighted by atomic mass is 10.2. The van der Waals surface area contributed by atoms with E-state index in [-0.39, 0.29) is 0 Å². The summed E-state index contributed by atoms with van der Waals surface area (Å²) in [6.07, 6.45) is 0. The maximum absolute atomic E-state index is 6.00. The highest BCUT2D eigenvalue weighted by Gasteiger charge is 2.12. The minimum absolute atomic E-state index is 0.372. The summed E-state index contributed by atoms with van der Waals surface area (Å²) in [5, 5.41) is 10.5. The number of thioether (sulfide) groups is 1. The molecule has 0 saturated carbocycles. The molecule has 0 spiro atoms. The molecule has 0 radical (unpaired) electrons. The Bertz CT molecular complexity index is 581. The van der Waals surface area contributed by atoms with Gasteiger partial charge in [-0.2, -0.15) is 0 Å². The van der Waals surface area contributed by atoms with Crippen molar-refractivity contribution in [2.45, 2.75) is 30.7 Å². The fourth-order valence-electron chi connectivity index (χ4n) is 1.73. The van der Waals surface area contributed by atoms with E-state index in [4.69, 9.17) is 23.2 Å². The Kier molecular flexibility index (Phi) is 4.76. The monoisotopic (exact) mass is 315 g/mol. The quantitative estimate of drug-likeness (QED) is 0.776. The lowest BCUT2D eigenvalue weighted by molar-refractivity contribution is 0.680. The van der Waals surface area contributed by atoms with Gasteiger partial charge in [-0.05, 0) is 17.7 Å². The first-order valence-corrected chi connectivity index (χ1v) is 7.69. The van der Waals surface area contributed by atoms with Crippen LogP contribution in [0.25, 0.3) is 0 Å². The first-order chi connectivity index (χ1) is 8.99. The molecule has 2 aromatic rings. The lowest BCUT2D eigenvalue weighted by Crippen LogP contribution is -2.00. The average molecular weight is 316 g/mol. The molecule has 2 rings (SSSR count). The van der Waals surface area contributed by atoms with Gasteiger partial charge in [-0.15, -0.1) is 10.2 Å². The van der Waals surface area contributed by atoms with Crippen LogP contribution in [0.2, 0.25) is 10.0 Å². The molecule has 0 bridgehead atoms. The lowest BCUT2D eigenvalue weighted by Gasteiger charge is -2.06. The van der Waals surface area contributed by atoms with E-state index in [1.807, 2.05) is 29.8 Å².